The number of benzene rings is 2. The second-order valence-corrected chi connectivity index (χ2v) is 6.53. The minimum atomic E-state index is -0.554. The molecule has 5 heteroatoms. The molecule has 1 aliphatic heterocycles. The molecule has 0 unspecified atom stereocenters. The van der Waals surface area contributed by atoms with Crippen molar-refractivity contribution in [3.05, 3.63) is 71.5 Å². The average molecular weight is 342 g/mol. The van der Waals surface area contributed by atoms with E-state index >= 15 is 0 Å². The van der Waals surface area contributed by atoms with E-state index in [4.69, 9.17) is 10.5 Å². The Morgan fingerprint density at radius 3 is 2.36 bits per heavy atom. The summed E-state index contributed by atoms with van der Waals surface area (Å²) in [4.78, 5) is 11.9. The Kier molecular flexibility index (Phi) is 5.46. The van der Waals surface area contributed by atoms with Crippen LogP contribution < -0.4 is 11.1 Å². The molecule has 0 spiro atoms. The minimum absolute atomic E-state index is 0.200. The van der Waals surface area contributed by atoms with Gasteiger partial charge in [-0.25, -0.2) is 4.39 Å². The molecule has 4 nitrogen and oxygen atoms in total. The van der Waals surface area contributed by atoms with Crippen molar-refractivity contribution in [2.45, 2.75) is 24.3 Å². The van der Waals surface area contributed by atoms with Gasteiger partial charge in [-0.2, -0.15) is 0 Å². The summed E-state index contributed by atoms with van der Waals surface area (Å²) < 4.78 is 18.8. The Morgan fingerprint density at radius 1 is 1.12 bits per heavy atom. The monoisotopic (exact) mass is 342 g/mol. The molecule has 0 aromatic heterocycles. The quantitative estimate of drug-likeness (QED) is 0.848. The molecule has 25 heavy (non-hydrogen) atoms. The summed E-state index contributed by atoms with van der Waals surface area (Å²) in [7, 11) is 0. The Labute approximate surface area is 147 Å². The highest BCUT2D eigenvalue weighted by Gasteiger charge is 2.35. The number of hydrogen-bond acceptors (Lipinski definition) is 3. The lowest BCUT2D eigenvalue weighted by atomic mass is 9.74. The number of primary amides is 1. The summed E-state index contributed by atoms with van der Waals surface area (Å²) in [6.07, 6.45) is 1.62. The van der Waals surface area contributed by atoms with Crippen molar-refractivity contribution in [2.75, 3.05) is 19.8 Å². The Bertz CT molecular complexity index is 697. The van der Waals surface area contributed by atoms with Crippen LogP contribution in [-0.4, -0.2) is 25.7 Å². The van der Waals surface area contributed by atoms with Crippen LogP contribution in [0.1, 0.15) is 30.0 Å². The molecule has 3 N–H and O–H groups in total. The molecule has 0 bridgehead atoms. The number of nitrogens with two attached hydrogens (primary N) is 1. The molecule has 0 saturated carbocycles. The zero-order chi connectivity index (χ0) is 17.7. The zero-order valence-corrected chi connectivity index (χ0v) is 14.1. The molecule has 1 amide bonds. The van der Waals surface area contributed by atoms with Crippen LogP contribution in [0.5, 0.6) is 0 Å². The maximum absolute atomic E-state index is 13.3. The molecular weight excluding hydrogens is 319 g/mol. The summed E-state index contributed by atoms with van der Waals surface area (Å²) in [5.41, 5.74) is 7.31. The fraction of sp³-hybridized carbons (Fsp3) is 0.350. The maximum Gasteiger partial charge on any atom is 0.239 e. The van der Waals surface area contributed by atoms with Gasteiger partial charge in [-0.1, -0.05) is 42.5 Å². The van der Waals surface area contributed by atoms with Crippen molar-refractivity contribution in [2.24, 2.45) is 5.73 Å². The Balaban J connectivity index is 1.82. The van der Waals surface area contributed by atoms with Crippen molar-refractivity contribution in [1.82, 2.24) is 5.32 Å². The van der Waals surface area contributed by atoms with E-state index in [-0.39, 0.29) is 11.2 Å². The second kappa shape index (κ2) is 7.76. The number of hydrogen-bond donors (Lipinski definition) is 2. The highest BCUT2D eigenvalue weighted by atomic mass is 19.1. The highest BCUT2D eigenvalue weighted by Crippen LogP contribution is 2.35. The average Bonchev–Trinajstić information content (AvgIpc) is 2.64. The summed E-state index contributed by atoms with van der Waals surface area (Å²) in [6, 6.07) is 15.5. The number of carbonyl (C=O) groups is 1. The first-order valence-corrected chi connectivity index (χ1v) is 8.52. The fourth-order valence-corrected chi connectivity index (χ4v) is 3.46. The summed E-state index contributed by atoms with van der Waals surface area (Å²) in [6.45, 7) is 1.86. The number of rotatable bonds is 6. The number of halogens is 1. The van der Waals surface area contributed by atoms with Crippen LogP contribution >= 0.6 is 0 Å². The van der Waals surface area contributed by atoms with Crippen LogP contribution in [0.25, 0.3) is 0 Å². The van der Waals surface area contributed by atoms with Gasteiger partial charge in [0, 0.05) is 25.2 Å². The topological polar surface area (TPSA) is 64.4 Å². The van der Waals surface area contributed by atoms with Crippen molar-refractivity contribution in [3.63, 3.8) is 0 Å². The first-order chi connectivity index (χ1) is 12.1. The minimum Gasteiger partial charge on any atom is -0.381 e. The lowest BCUT2D eigenvalue weighted by Crippen LogP contribution is -2.46. The summed E-state index contributed by atoms with van der Waals surface area (Å²) in [5, 5.41) is 3.34. The largest absolute Gasteiger partial charge is 0.381 e. The van der Waals surface area contributed by atoms with Crippen LogP contribution in [-0.2, 0) is 14.9 Å². The van der Waals surface area contributed by atoms with Crippen molar-refractivity contribution in [3.8, 4) is 0 Å². The summed E-state index contributed by atoms with van der Waals surface area (Å²) >= 11 is 0. The lowest BCUT2D eigenvalue weighted by molar-refractivity contribution is -0.120. The third-order valence-corrected chi connectivity index (χ3v) is 4.97. The fourth-order valence-electron chi connectivity index (χ4n) is 3.46. The SMILES string of the molecule is NC(=O)[C@H](NCC1(c2ccc(F)cc2)CCOCC1)c1ccccc1. The third-order valence-electron chi connectivity index (χ3n) is 4.97. The van der Waals surface area contributed by atoms with E-state index in [1.165, 1.54) is 12.1 Å². The Hall–Kier alpha value is -2.24. The van der Waals surface area contributed by atoms with E-state index in [0.717, 1.165) is 24.0 Å². The second-order valence-electron chi connectivity index (χ2n) is 6.53. The van der Waals surface area contributed by atoms with Gasteiger partial charge in [0.25, 0.3) is 0 Å². The Morgan fingerprint density at radius 2 is 1.76 bits per heavy atom. The van der Waals surface area contributed by atoms with Crippen LogP contribution in [0, 0.1) is 5.82 Å². The summed E-state index contributed by atoms with van der Waals surface area (Å²) in [5.74, 6) is -0.661. The van der Waals surface area contributed by atoms with Gasteiger partial charge in [0.05, 0.1) is 0 Å². The van der Waals surface area contributed by atoms with E-state index in [1.54, 1.807) is 0 Å². The van der Waals surface area contributed by atoms with Crippen LogP contribution in [0.2, 0.25) is 0 Å². The van der Waals surface area contributed by atoms with Crippen LogP contribution in [0.3, 0.4) is 0 Å². The molecular formula is C20H23FN2O2. The van der Waals surface area contributed by atoms with Gasteiger partial charge in [0.2, 0.25) is 5.91 Å². The molecule has 2 aromatic rings. The van der Waals surface area contributed by atoms with E-state index < -0.39 is 11.9 Å². The molecule has 1 fully saturated rings. The molecule has 0 aliphatic carbocycles. The zero-order valence-electron chi connectivity index (χ0n) is 14.1. The first kappa shape index (κ1) is 17.6. The number of ether oxygens (including phenoxy) is 1. The molecule has 1 heterocycles. The van der Waals surface area contributed by atoms with Crippen LogP contribution in [0.4, 0.5) is 4.39 Å². The molecule has 1 atom stereocenters. The van der Waals surface area contributed by atoms with E-state index in [1.807, 2.05) is 42.5 Å². The van der Waals surface area contributed by atoms with Gasteiger partial charge in [-0.3, -0.25) is 4.79 Å². The molecule has 2 aromatic carbocycles. The normalized spacial score (nSPS) is 17.8. The lowest BCUT2D eigenvalue weighted by Gasteiger charge is -2.39. The third kappa shape index (κ3) is 4.06. The van der Waals surface area contributed by atoms with Crippen molar-refractivity contribution in [1.29, 1.82) is 0 Å². The predicted octanol–water partition coefficient (Wildman–Crippen LogP) is 2.69. The van der Waals surface area contributed by atoms with E-state index in [0.29, 0.717) is 19.8 Å². The predicted molar refractivity (Wildman–Crippen MR) is 94.5 cm³/mol. The number of carbonyl (C=O) groups excluding carboxylic acids is 1. The van der Waals surface area contributed by atoms with E-state index in [2.05, 4.69) is 5.32 Å². The molecule has 132 valence electrons. The number of nitrogens with one attached hydrogen (secondary N) is 1. The van der Waals surface area contributed by atoms with Gasteiger partial charge < -0.3 is 15.8 Å². The number of amides is 1. The van der Waals surface area contributed by atoms with Gasteiger partial charge in [-0.15, -0.1) is 0 Å². The van der Waals surface area contributed by atoms with Crippen molar-refractivity contribution >= 4 is 5.91 Å². The van der Waals surface area contributed by atoms with Crippen molar-refractivity contribution < 1.29 is 13.9 Å². The standard InChI is InChI=1S/C20H23FN2O2/c21-17-8-6-16(7-9-17)20(10-12-25-13-11-20)14-23-18(19(22)24)15-4-2-1-3-5-15/h1-9,18,23H,10-14H2,(H2,22,24)/t18-/m1/s1. The molecule has 1 saturated heterocycles. The molecule has 1 aliphatic rings. The molecule has 3 rings (SSSR count). The van der Waals surface area contributed by atoms with Gasteiger partial charge in [0.15, 0.2) is 0 Å². The van der Waals surface area contributed by atoms with Gasteiger partial charge in [-0.05, 0) is 36.1 Å². The smallest absolute Gasteiger partial charge is 0.239 e. The highest BCUT2D eigenvalue weighted by molar-refractivity contribution is 5.81. The first-order valence-electron chi connectivity index (χ1n) is 8.52. The van der Waals surface area contributed by atoms with Gasteiger partial charge in [0.1, 0.15) is 11.9 Å². The van der Waals surface area contributed by atoms with Gasteiger partial charge >= 0.3 is 0 Å². The molecule has 0 radical (unpaired) electrons. The van der Waals surface area contributed by atoms with E-state index in [9.17, 15) is 9.18 Å². The van der Waals surface area contributed by atoms with Crippen LogP contribution in [0.15, 0.2) is 54.6 Å². The maximum atomic E-state index is 13.3.